The fourth-order valence-electron chi connectivity index (χ4n) is 6.41. The maximum Gasteiger partial charge on any atom is 0.187 e. The number of ether oxygens (including phenoxy) is 4. The van der Waals surface area contributed by atoms with Crippen LogP contribution in [0.15, 0.2) is 11.6 Å². The Morgan fingerprint density at radius 2 is 1.81 bits per heavy atom. The molecule has 4 fully saturated rings. The maximum atomic E-state index is 12.9. The first-order chi connectivity index (χ1) is 15.0. The molecule has 1 saturated carbocycles. The van der Waals surface area contributed by atoms with Crippen LogP contribution in [0.1, 0.15) is 20.3 Å². The Morgan fingerprint density at radius 1 is 1.12 bits per heavy atom. The number of aliphatic hydroxyl groups is 6. The maximum absolute atomic E-state index is 12.9. The zero-order valence-electron chi connectivity index (χ0n) is 17.8. The van der Waals surface area contributed by atoms with Crippen LogP contribution in [0.25, 0.3) is 0 Å². The van der Waals surface area contributed by atoms with Crippen LogP contribution in [-0.2, 0) is 23.7 Å². The van der Waals surface area contributed by atoms with Gasteiger partial charge >= 0.3 is 0 Å². The molecule has 1 spiro atoms. The molecule has 32 heavy (non-hydrogen) atoms. The highest BCUT2D eigenvalue weighted by atomic mass is 16.7. The fourth-order valence-corrected chi connectivity index (χ4v) is 6.41. The summed E-state index contributed by atoms with van der Waals surface area (Å²) in [4.78, 5) is 12.9. The second kappa shape index (κ2) is 7.25. The van der Waals surface area contributed by atoms with Crippen molar-refractivity contribution in [1.82, 2.24) is 0 Å². The summed E-state index contributed by atoms with van der Waals surface area (Å²) >= 11 is 0. The van der Waals surface area contributed by atoms with Gasteiger partial charge in [0, 0.05) is 5.41 Å². The highest BCUT2D eigenvalue weighted by molar-refractivity contribution is 6.00. The van der Waals surface area contributed by atoms with Gasteiger partial charge in [-0.1, -0.05) is 6.92 Å². The lowest BCUT2D eigenvalue weighted by Crippen LogP contribution is -2.71. The van der Waals surface area contributed by atoms with Crippen molar-refractivity contribution in [2.75, 3.05) is 19.8 Å². The predicted octanol–water partition coefficient (Wildman–Crippen LogP) is -3.01. The Hall–Kier alpha value is -0.990. The molecule has 0 radical (unpaired) electrons. The Balaban J connectivity index is 1.52. The van der Waals surface area contributed by atoms with Gasteiger partial charge in [0.2, 0.25) is 0 Å². The van der Waals surface area contributed by atoms with Crippen molar-refractivity contribution >= 4 is 5.78 Å². The number of aliphatic hydroxyl groups excluding tert-OH is 6. The van der Waals surface area contributed by atoms with Crippen LogP contribution < -0.4 is 0 Å². The average molecular weight is 458 g/mol. The first-order valence-electron chi connectivity index (χ1n) is 10.8. The van der Waals surface area contributed by atoms with Crippen LogP contribution in [0, 0.1) is 10.8 Å². The van der Waals surface area contributed by atoms with Gasteiger partial charge in [0.1, 0.15) is 42.2 Å². The summed E-state index contributed by atoms with van der Waals surface area (Å²) in [5.74, 6) is -0.501. The Bertz CT molecular complexity index is 825. The van der Waals surface area contributed by atoms with Crippen molar-refractivity contribution in [3.63, 3.8) is 0 Å². The second-order valence-corrected chi connectivity index (χ2v) is 9.92. The van der Waals surface area contributed by atoms with Gasteiger partial charge in [0.05, 0.1) is 37.4 Å². The van der Waals surface area contributed by atoms with Crippen molar-refractivity contribution in [2.45, 2.75) is 81.0 Å². The number of hydrogen-bond donors (Lipinski definition) is 6. The van der Waals surface area contributed by atoms with E-state index in [1.54, 1.807) is 13.0 Å². The third kappa shape index (κ3) is 2.63. The number of rotatable bonds is 4. The van der Waals surface area contributed by atoms with Crippen molar-refractivity contribution in [2.24, 2.45) is 10.8 Å². The van der Waals surface area contributed by atoms with Gasteiger partial charge in [-0.25, -0.2) is 0 Å². The minimum atomic E-state index is -1.64. The molecule has 12 unspecified atom stereocenters. The highest BCUT2D eigenvalue weighted by Gasteiger charge is 2.83. The molecule has 2 aliphatic carbocycles. The van der Waals surface area contributed by atoms with Gasteiger partial charge in [0.25, 0.3) is 0 Å². The van der Waals surface area contributed by atoms with Gasteiger partial charge in [-0.3, -0.25) is 4.79 Å². The molecule has 5 aliphatic rings. The molecule has 180 valence electrons. The fraction of sp³-hybridized carbons (Fsp3) is 0.857. The zero-order valence-corrected chi connectivity index (χ0v) is 17.8. The molecule has 0 aromatic carbocycles. The molecule has 5 rings (SSSR count). The normalized spacial score (nSPS) is 56.8. The van der Waals surface area contributed by atoms with E-state index in [1.165, 1.54) is 0 Å². The van der Waals surface area contributed by atoms with E-state index in [9.17, 15) is 35.4 Å². The number of epoxide rings is 1. The molecular weight excluding hydrogens is 428 g/mol. The molecule has 6 N–H and O–H groups in total. The van der Waals surface area contributed by atoms with Crippen LogP contribution in [0.4, 0.5) is 0 Å². The monoisotopic (exact) mass is 458 g/mol. The zero-order chi connectivity index (χ0) is 23.2. The van der Waals surface area contributed by atoms with Gasteiger partial charge in [-0.05, 0) is 25.0 Å². The van der Waals surface area contributed by atoms with Crippen LogP contribution in [-0.4, -0.2) is 117 Å². The number of ketones is 1. The Labute approximate surface area is 184 Å². The molecule has 11 heteroatoms. The Kier molecular flexibility index (Phi) is 5.16. The average Bonchev–Trinajstić information content (AvgIpc) is 3.53. The summed E-state index contributed by atoms with van der Waals surface area (Å²) in [5, 5.41) is 61.9. The third-order valence-electron chi connectivity index (χ3n) is 8.51. The molecule has 11 nitrogen and oxygen atoms in total. The standard InChI is InChI=1S/C21H30O11/c1-8-3-11-20(16(28)12(8)24,19(2)4-9(23)17(32-11)21(19)7-30-21)6-29-18-15(27)14(26)13(25)10(5-22)31-18/h3,9-11,13-18,22-23,25-28H,4-7H2,1-2H3. The molecule has 3 heterocycles. The summed E-state index contributed by atoms with van der Waals surface area (Å²) in [5.41, 5.74) is -2.86. The molecule has 2 bridgehead atoms. The SMILES string of the molecule is CC1=CC2OC3C(O)CC(C)(C34CO4)C2(COC2OC(CO)C(O)C(O)C2O)C(O)C1=O. The number of carbonyl (C=O) groups excluding carboxylic acids is 1. The van der Waals surface area contributed by atoms with Gasteiger partial charge in [-0.2, -0.15) is 0 Å². The molecule has 3 saturated heterocycles. The summed E-state index contributed by atoms with van der Waals surface area (Å²) in [6.45, 7) is 2.75. The first kappa shape index (κ1) is 22.8. The van der Waals surface area contributed by atoms with Crippen LogP contribution in [0.2, 0.25) is 0 Å². The van der Waals surface area contributed by atoms with E-state index in [0.29, 0.717) is 12.2 Å². The topological polar surface area (TPSA) is 179 Å². The van der Waals surface area contributed by atoms with Gasteiger partial charge < -0.3 is 49.6 Å². The minimum Gasteiger partial charge on any atom is -0.394 e. The predicted molar refractivity (Wildman–Crippen MR) is 103 cm³/mol. The number of fused-ring (bicyclic) bond motifs is 2. The molecule has 3 aliphatic heterocycles. The van der Waals surface area contributed by atoms with Crippen LogP contribution in [0.3, 0.4) is 0 Å². The van der Waals surface area contributed by atoms with Crippen molar-refractivity contribution in [3.05, 3.63) is 11.6 Å². The van der Waals surface area contributed by atoms with Crippen molar-refractivity contribution < 1.29 is 54.4 Å². The first-order valence-corrected chi connectivity index (χ1v) is 10.8. The lowest BCUT2D eigenvalue weighted by molar-refractivity contribution is -0.324. The lowest BCUT2D eigenvalue weighted by Gasteiger charge is -2.59. The van der Waals surface area contributed by atoms with E-state index >= 15 is 0 Å². The van der Waals surface area contributed by atoms with Gasteiger partial charge in [0.15, 0.2) is 12.1 Å². The van der Waals surface area contributed by atoms with Gasteiger partial charge in [-0.15, -0.1) is 0 Å². The van der Waals surface area contributed by atoms with Crippen molar-refractivity contribution in [3.8, 4) is 0 Å². The van der Waals surface area contributed by atoms with Crippen LogP contribution in [0.5, 0.6) is 0 Å². The van der Waals surface area contributed by atoms with E-state index < -0.39 is 83.9 Å². The van der Waals surface area contributed by atoms with E-state index in [4.69, 9.17) is 18.9 Å². The van der Waals surface area contributed by atoms with Crippen molar-refractivity contribution in [1.29, 1.82) is 0 Å². The quantitative estimate of drug-likeness (QED) is 0.236. The highest BCUT2D eigenvalue weighted by Crippen LogP contribution is 2.71. The van der Waals surface area contributed by atoms with E-state index in [0.717, 1.165) is 0 Å². The number of hydrogen-bond acceptors (Lipinski definition) is 11. The summed E-state index contributed by atoms with van der Waals surface area (Å²) < 4.78 is 23.3. The van der Waals surface area contributed by atoms with E-state index in [1.807, 2.05) is 6.92 Å². The smallest absolute Gasteiger partial charge is 0.187 e. The van der Waals surface area contributed by atoms with E-state index in [-0.39, 0.29) is 13.0 Å². The largest absolute Gasteiger partial charge is 0.394 e. The number of carbonyl (C=O) groups is 1. The summed E-state index contributed by atoms with van der Waals surface area (Å²) in [7, 11) is 0. The lowest BCUT2D eigenvalue weighted by atomic mass is 9.50. The molecule has 0 amide bonds. The molecule has 0 aromatic heterocycles. The molecule has 12 atom stereocenters. The second-order valence-electron chi connectivity index (χ2n) is 9.92. The van der Waals surface area contributed by atoms with Crippen LogP contribution >= 0.6 is 0 Å². The number of Topliss-reactive ketones (excluding diaryl/α,β-unsaturated/α-hetero) is 1. The Morgan fingerprint density at radius 3 is 2.44 bits per heavy atom. The summed E-state index contributed by atoms with van der Waals surface area (Å²) in [6, 6.07) is 0. The van der Waals surface area contributed by atoms with E-state index in [2.05, 4.69) is 0 Å². The minimum absolute atomic E-state index is 0.198. The third-order valence-corrected chi connectivity index (χ3v) is 8.51. The summed E-state index contributed by atoms with van der Waals surface area (Å²) in [6.07, 6.45) is -9.43. The molecular formula is C21H30O11. The molecule has 0 aromatic rings.